The molecular weight excluding hydrogens is 368 g/mol. The average molecular weight is 385 g/mol. The molecule has 0 radical (unpaired) electrons. The van der Waals surface area contributed by atoms with Gasteiger partial charge in [0.05, 0.1) is 10.6 Å². The van der Waals surface area contributed by atoms with Crippen molar-refractivity contribution in [2.75, 3.05) is 11.1 Å². The second-order valence-electron chi connectivity index (χ2n) is 6.00. The molecule has 1 aliphatic rings. The maximum absolute atomic E-state index is 12.3. The van der Waals surface area contributed by atoms with Gasteiger partial charge < -0.3 is 5.32 Å². The van der Waals surface area contributed by atoms with Gasteiger partial charge in [0.1, 0.15) is 5.75 Å². The first-order valence-electron chi connectivity index (χ1n) is 7.60. The first kappa shape index (κ1) is 17.4. The summed E-state index contributed by atoms with van der Waals surface area (Å²) >= 11 is 7.19. The van der Waals surface area contributed by atoms with Crippen LogP contribution in [0.5, 0.6) is 0 Å². The highest BCUT2D eigenvalue weighted by molar-refractivity contribution is 7.92. The van der Waals surface area contributed by atoms with Crippen LogP contribution in [0.4, 0.5) is 5.13 Å². The van der Waals surface area contributed by atoms with Gasteiger partial charge in [-0.15, -0.1) is 11.3 Å². The van der Waals surface area contributed by atoms with Crippen LogP contribution in [0.1, 0.15) is 23.9 Å². The van der Waals surface area contributed by atoms with Gasteiger partial charge >= 0.3 is 0 Å². The molecule has 0 unspecified atom stereocenters. The lowest BCUT2D eigenvalue weighted by molar-refractivity contribution is -0.113. The third-order valence-electron chi connectivity index (χ3n) is 3.93. The van der Waals surface area contributed by atoms with E-state index in [1.54, 1.807) is 0 Å². The Morgan fingerprint density at radius 2 is 2.08 bits per heavy atom. The number of halogens is 1. The Kier molecular flexibility index (Phi) is 4.94. The average Bonchev–Trinajstić information content (AvgIpc) is 2.88. The zero-order valence-electron chi connectivity index (χ0n) is 13.1. The van der Waals surface area contributed by atoms with E-state index in [4.69, 9.17) is 11.6 Å². The number of carbonyl (C=O) groups is 1. The molecule has 3 rings (SSSR count). The molecule has 1 aliphatic carbocycles. The Labute approximate surface area is 150 Å². The van der Waals surface area contributed by atoms with Crippen LogP contribution in [0.25, 0.3) is 0 Å². The van der Waals surface area contributed by atoms with Crippen LogP contribution < -0.4 is 5.32 Å². The quantitative estimate of drug-likeness (QED) is 0.877. The monoisotopic (exact) mass is 384 g/mol. The molecule has 1 amide bonds. The smallest absolute Gasteiger partial charge is 0.241 e. The number of sulfone groups is 1. The molecule has 2 aromatic rings. The molecule has 0 fully saturated rings. The van der Waals surface area contributed by atoms with Crippen molar-refractivity contribution < 1.29 is 13.2 Å². The molecule has 0 saturated carbocycles. The lowest BCUT2D eigenvalue weighted by Crippen LogP contribution is -2.23. The van der Waals surface area contributed by atoms with E-state index in [2.05, 4.69) is 17.2 Å². The maximum Gasteiger partial charge on any atom is 0.241 e. The van der Waals surface area contributed by atoms with E-state index in [1.165, 1.54) is 40.5 Å². The fourth-order valence-corrected chi connectivity index (χ4v) is 5.09. The van der Waals surface area contributed by atoms with Crippen LogP contribution in [0.2, 0.25) is 5.02 Å². The topological polar surface area (TPSA) is 76.1 Å². The number of amides is 1. The number of anilines is 1. The summed E-state index contributed by atoms with van der Waals surface area (Å²) in [5.74, 6) is -0.578. The molecule has 0 spiro atoms. The summed E-state index contributed by atoms with van der Waals surface area (Å²) in [5, 5.41) is 3.54. The number of thiazole rings is 1. The highest BCUT2D eigenvalue weighted by Crippen LogP contribution is 2.32. The Morgan fingerprint density at radius 3 is 2.79 bits per heavy atom. The fourth-order valence-electron chi connectivity index (χ4n) is 2.65. The normalized spacial score (nSPS) is 17.3. The first-order valence-corrected chi connectivity index (χ1v) is 10.4. The maximum atomic E-state index is 12.3. The Balaban J connectivity index is 1.68. The van der Waals surface area contributed by atoms with E-state index >= 15 is 0 Å². The number of hydrogen-bond donors (Lipinski definition) is 1. The molecule has 1 atom stereocenters. The van der Waals surface area contributed by atoms with Crippen LogP contribution in [0, 0.1) is 5.92 Å². The predicted molar refractivity (Wildman–Crippen MR) is 95.4 cm³/mol. The molecule has 24 heavy (non-hydrogen) atoms. The number of rotatable bonds is 4. The summed E-state index contributed by atoms with van der Waals surface area (Å²) in [6.45, 7) is 2.19. The molecule has 1 aromatic heterocycles. The lowest BCUT2D eigenvalue weighted by Gasteiger charge is -2.15. The predicted octanol–water partition coefficient (Wildman–Crippen LogP) is 3.33. The molecule has 0 saturated heterocycles. The van der Waals surface area contributed by atoms with E-state index in [-0.39, 0.29) is 4.90 Å². The fraction of sp³-hybridized carbons (Fsp3) is 0.375. The number of nitrogens with one attached hydrogen (secondary N) is 1. The number of fused-ring (bicyclic) bond motifs is 1. The van der Waals surface area contributed by atoms with Crippen molar-refractivity contribution in [2.45, 2.75) is 31.1 Å². The Morgan fingerprint density at radius 1 is 1.38 bits per heavy atom. The minimum Gasteiger partial charge on any atom is -0.301 e. The SMILES string of the molecule is C[C@H]1CCc2nc(NC(=O)CS(=O)(=O)c3ccc(Cl)cc3)sc2C1. The molecule has 1 heterocycles. The van der Waals surface area contributed by atoms with Crippen LogP contribution >= 0.6 is 22.9 Å². The van der Waals surface area contributed by atoms with Crippen LogP contribution in [0.3, 0.4) is 0 Å². The molecule has 8 heteroatoms. The van der Waals surface area contributed by atoms with Crippen molar-refractivity contribution in [1.29, 1.82) is 0 Å². The van der Waals surface area contributed by atoms with Crippen molar-refractivity contribution >= 4 is 43.8 Å². The minimum atomic E-state index is -3.70. The van der Waals surface area contributed by atoms with Gasteiger partial charge in [0.25, 0.3) is 0 Å². The van der Waals surface area contributed by atoms with E-state index in [0.717, 1.165) is 25.0 Å². The van der Waals surface area contributed by atoms with Gasteiger partial charge in [0.15, 0.2) is 15.0 Å². The summed E-state index contributed by atoms with van der Waals surface area (Å²) in [6.07, 6.45) is 2.97. The summed E-state index contributed by atoms with van der Waals surface area (Å²) in [7, 11) is -3.70. The molecule has 0 bridgehead atoms. The van der Waals surface area contributed by atoms with Gasteiger partial charge in [-0.3, -0.25) is 4.79 Å². The molecule has 128 valence electrons. The number of carbonyl (C=O) groups excluding carboxylic acids is 1. The van der Waals surface area contributed by atoms with Crippen LogP contribution in [-0.2, 0) is 27.5 Å². The summed E-state index contributed by atoms with van der Waals surface area (Å²) < 4.78 is 24.5. The molecule has 0 aliphatic heterocycles. The van der Waals surface area contributed by atoms with Gasteiger partial charge in [-0.2, -0.15) is 0 Å². The number of benzene rings is 1. The summed E-state index contributed by atoms with van der Waals surface area (Å²) in [5.41, 5.74) is 1.02. The standard InChI is InChI=1S/C16H17ClN2O3S2/c1-10-2-7-13-14(8-10)23-16(18-13)19-15(20)9-24(21,22)12-5-3-11(17)4-6-12/h3-6,10H,2,7-9H2,1H3,(H,18,19,20)/t10-/m0/s1. The number of aromatic nitrogens is 1. The van der Waals surface area contributed by atoms with Gasteiger partial charge in [-0.05, 0) is 49.4 Å². The lowest BCUT2D eigenvalue weighted by atomic mass is 9.93. The molecular formula is C16H17ClN2O3S2. The van der Waals surface area contributed by atoms with Crippen molar-refractivity contribution in [1.82, 2.24) is 4.98 Å². The molecule has 5 nitrogen and oxygen atoms in total. The highest BCUT2D eigenvalue weighted by Gasteiger charge is 2.23. The van der Waals surface area contributed by atoms with Crippen molar-refractivity contribution in [3.63, 3.8) is 0 Å². The van der Waals surface area contributed by atoms with E-state index < -0.39 is 21.5 Å². The second-order valence-corrected chi connectivity index (χ2v) is 9.51. The Hall–Kier alpha value is -1.44. The summed E-state index contributed by atoms with van der Waals surface area (Å²) in [6, 6.07) is 5.77. The zero-order chi connectivity index (χ0) is 17.3. The highest BCUT2D eigenvalue weighted by atomic mass is 35.5. The van der Waals surface area contributed by atoms with Crippen LogP contribution in [0.15, 0.2) is 29.2 Å². The largest absolute Gasteiger partial charge is 0.301 e. The Bertz CT molecular complexity index is 860. The van der Waals surface area contributed by atoms with Crippen molar-refractivity contribution in [3.8, 4) is 0 Å². The van der Waals surface area contributed by atoms with Gasteiger partial charge in [-0.1, -0.05) is 18.5 Å². The van der Waals surface area contributed by atoms with Crippen LogP contribution in [-0.4, -0.2) is 25.1 Å². The number of nitrogens with zero attached hydrogens (tertiary/aromatic N) is 1. The summed E-state index contributed by atoms with van der Waals surface area (Å²) in [4.78, 5) is 17.8. The van der Waals surface area contributed by atoms with E-state index in [1.807, 2.05) is 0 Å². The minimum absolute atomic E-state index is 0.0781. The van der Waals surface area contributed by atoms with Gasteiger partial charge in [0, 0.05) is 9.90 Å². The number of hydrogen-bond acceptors (Lipinski definition) is 5. The van der Waals surface area contributed by atoms with E-state index in [9.17, 15) is 13.2 Å². The molecule has 1 aromatic carbocycles. The van der Waals surface area contributed by atoms with Crippen molar-refractivity contribution in [2.24, 2.45) is 5.92 Å². The second kappa shape index (κ2) is 6.82. The van der Waals surface area contributed by atoms with Gasteiger partial charge in [0.2, 0.25) is 5.91 Å². The zero-order valence-corrected chi connectivity index (χ0v) is 15.5. The van der Waals surface area contributed by atoms with Crippen molar-refractivity contribution in [3.05, 3.63) is 39.9 Å². The van der Waals surface area contributed by atoms with E-state index in [0.29, 0.717) is 16.1 Å². The third kappa shape index (κ3) is 3.96. The number of aryl methyl sites for hydroxylation is 1. The third-order valence-corrected chi connectivity index (χ3v) is 6.85. The first-order chi connectivity index (χ1) is 11.3. The molecule has 1 N–H and O–H groups in total. The van der Waals surface area contributed by atoms with Gasteiger partial charge in [-0.25, -0.2) is 13.4 Å².